The molecule has 100 valence electrons. The van der Waals surface area contributed by atoms with E-state index in [9.17, 15) is 13.2 Å². The first kappa shape index (κ1) is 13.4. The minimum absolute atomic E-state index is 0.0113. The quantitative estimate of drug-likeness (QED) is 0.843. The zero-order chi connectivity index (χ0) is 13.2. The van der Waals surface area contributed by atoms with Gasteiger partial charge < -0.3 is 5.32 Å². The molecular formula is C11H13ClF3N3. The topological polar surface area (TPSA) is 37.8 Å². The molecule has 1 aromatic rings. The van der Waals surface area contributed by atoms with Crippen molar-refractivity contribution in [1.82, 2.24) is 10.2 Å². The lowest BCUT2D eigenvalue weighted by atomic mass is 9.95. The van der Waals surface area contributed by atoms with Crippen LogP contribution in [-0.2, 0) is 6.18 Å². The van der Waals surface area contributed by atoms with Crippen LogP contribution in [0.25, 0.3) is 0 Å². The predicted octanol–water partition coefficient (Wildman–Crippen LogP) is 3.46. The largest absolute Gasteiger partial charge is 0.435 e. The minimum Gasteiger partial charge on any atom is -0.364 e. The van der Waals surface area contributed by atoms with Crippen LogP contribution in [-0.4, -0.2) is 21.6 Å². The SMILES string of the molecule is FC(F)(F)c1ccc(NC2CCCCC2Cl)nn1. The van der Waals surface area contributed by atoms with Crippen LogP contribution >= 0.6 is 11.6 Å². The van der Waals surface area contributed by atoms with Crippen molar-refractivity contribution in [1.29, 1.82) is 0 Å². The lowest BCUT2D eigenvalue weighted by Gasteiger charge is -2.28. The van der Waals surface area contributed by atoms with Crippen molar-refractivity contribution >= 4 is 17.4 Å². The number of rotatable bonds is 2. The summed E-state index contributed by atoms with van der Waals surface area (Å²) in [4.78, 5) is 0. The maximum absolute atomic E-state index is 12.3. The maximum atomic E-state index is 12.3. The number of nitrogens with one attached hydrogen (secondary N) is 1. The number of halogens is 4. The third-order valence-electron chi connectivity index (χ3n) is 2.97. The summed E-state index contributed by atoms with van der Waals surface area (Å²) >= 11 is 6.15. The zero-order valence-corrected chi connectivity index (χ0v) is 10.3. The highest BCUT2D eigenvalue weighted by Crippen LogP contribution is 2.28. The van der Waals surface area contributed by atoms with Gasteiger partial charge in [-0.1, -0.05) is 12.8 Å². The van der Waals surface area contributed by atoms with Gasteiger partial charge in [0.2, 0.25) is 0 Å². The number of nitrogens with zero attached hydrogens (tertiary/aromatic N) is 2. The molecule has 0 amide bonds. The average molecular weight is 280 g/mol. The Morgan fingerprint density at radius 2 is 1.89 bits per heavy atom. The van der Waals surface area contributed by atoms with Crippen molar-refractivity contribution in [3.63, 3.8) is 0 Å². The van der Waals surface area contributed by atoms with E-state index in [2.05, 4.69) is 15.5 Å². The molecule has 0 aliphatic heterocycles. The van der Waals surface area contributed by atoms with Crippen LogP contribution in [0, 0.1) is 0 Å². The van der Waals surface area contributed by atoms with Crippen molar-refractivity contribution in [3.8, 4) is 0 Å². The second-order valence-electron chi connectivity index (χ2n) is 4.35. The van der Waals surface area contributed by atoms with E-state index in [4.69, 9.17) is 11.6 Å². The van der Waals surface area contributed by atoms with E-state index in [1.807, 2.05) is 0 Å². The molecule has 2 rings (SSSR count). The second-order valence-corrected chi connectivity index (χ2v) is 4.91. The first-order valence-electron chi connectivity index (χ1n) is 5.78. The van der Waals surface area contributed by atoms with Crippen molar-refractivity contribution in [2.24, 2.45) is 0 Å². The van der Waals surface area contributed by atoms with Gasteiger partial charge in [0.15, 0.2) is 5.69 Å². The molecule has 0 spiro atoms. The Morgan fingerprint density at radius 3 is 2.44 bits per heavy atom. The predicted molar refractivity (Wildman–Crippen MR) is 62.6 cm³/mol. The van der Waals surface area contributed by atoms with Gasteiger partial charge in [0.1, 0.15) is 5.82 Å². The highest BCUT2D eigenvalue weighted by Gasteiger charge is 2.33. The summed E-state index contributed by atoms with van der Waals surface area (Å²) in [6.45, 7) is 0. The van der Waals surface area contributed by atoms with Crippen LogP contribution < -0.4 is 5.32 Å². The van der Waals surface area contributed by atoms with Crippen molar-refractivity contribution in [3.05, 3.63) is 17.8 Å². The van der Waals surface area contributed by atoms with Crippen LogP contribution in [0.4, 0.5) is 19.0 Å². The Balaban J connectivity index is 2.02. The van der Waals surface area contributed by atoms with Gasteiger partial charge in [0.05, 0.1) is 5.38 Å². The fraction of sp³-hybridized carbons (Fsp3) is 0.636. The highest BCUT2D eigenvalue weighted by atomic mass is 35.5. The third-order valence-corrected chi connectivity index (χ3v) is 3.49. The van der Waals surface area contributed by atoms with Gasteiger partial charge >= 0.3 is 6.18 Å². The summed E-state index contributed by atoms with van der Waals surface area (Å²) in [5.41, 5.74) is -0.987. The van der Waals surface area contributed by atoms with E-state index in [1.165, 1.54) is 6.07 Å². The number of aromatic nitrogens is 2. The highest BCUT2D eigenvalue weighted by molar-refractivity contribution is 6.21. The molecule has 7 heteroatoms. The maximum Gasteiger partial charge on any atom is 0.435 e. The van der Waals surface area contributed by atoms with Gasteiger partial charge in [0.25, 0.3) is 0 Å². The summed E-state index contributed by atoms with van der Waals surface area (Å²) in [5.74, 6) is 0.334. The molecule has 18 heavy (non-hydrogen) atoms. The molecule has 0 saturated heterocycles. The first-order chi connectivity index (χ1) is 8.47. The Kier molecular flexibility index (Phi) is 3.94. The molecule has 2 atom stereocenters. The third kappa shape index (κ3) is 3.25. The molecule has 1 aliphatic carbocycles. The summed E-state index contributed by atoms with van der Waals surface area (Å²) in [7, 11) is 0. The smallest absolute Gasteiger partial charge is 0.364 e. The molecule has 0 bridgehead atoms. The molecule has 3 nitrogen and oxygen atoms in total. The minimum atomic E-state index is -4.45. The lowest BCUT2D eigenvalue weighted by Crippen LogP contribution is -2.33. The van der Waals surface area contributed by atoms with E-state index in [0.717, 1.165) is 31.7 Å². The molecule has 1 saturated carbocycles. The van der Waals surface area contributed by atoms with Crippen molar-refractivity contribution in [2.45, 2.75) is 43.3 Å². The molecule has 1 N–H and O–H groups in total. The Bertz CT molecular complexity index is 394. The Morgan fingerprint density at radius 1 is 1.17 bits per heavy atom. The first-order valence-corrected chi connectivity index (χ1v) is 6.22. The average Bonchev–Trinajstić information content (AvgIpc) is 2.32. The summed E-state index contributed by atoms with van der Waals surface area (Å²) in [6, 6.07) is 2.25. The summed E-state index contributed by atoms with van der Waals surface area (Å²) < 4.78 is 36.9. The molecule has 0 radical (unpaired) electrons. The normalized spacial score (nSPS) is 24.9. The number of hydrogen-bond acceptors (Lipinski definition) is 3. The molecule has 1 aromatic heterocycles. The van der Waals surface area contributed by atoms with Crippen molar-refractivity contribution < 1.29 is 13.2 Å². The second kappa shape index (κ2) is 5.30. The Hall–Kier alpha value is -1.04. The van der Waals surface area contributed by atoms with E-state index in [-0.39, 0.29) is 11.4 Å². The fourth-order valence-electron chi connectivity index (χ4n) is 2.00. The van der Waals surface area contributed by atoms with Crippen molar-refractivity contribution in [2.75, 3.05) is 5.32 Å². The van der Waals surface area contributed by atoms with Gasteiger partial charge in [-0.3, -0.25) is 0 Å². The van der Waals surface area contributed by atoms with E-state index < -0.39 is 11.9 Å². The van der Waals surface area contributed by atoms with E-state index in [0.29, 0.717) is 5.82 Å². The molecule has 1 heterocycles. The standard InChI is InChI=1S/C11H13ClF3N3/c12-7-3-1-2-4-8(7)16-10-6-5-9(17-18-10)11(13,14)15/h5-8H,1-4H2,(H,16,18). The van der Waals surface area contributed by atoms with Crippen LogP contribution in [0.1, 0.15) is 31.4 Å². The molecule has 2 unspecified atom stereocenters. The van der Waals surface area contributed by atoms with Gasteiger partial charge in [-0.15, -0.1) is 21.8 Å². The molecular weight excluding hydrogens is 267 g/mol. The van der Waals surface area contributed by atoms with Crippen LogP contribution in [0.3, 0.4) is 0 Å². The fourth-order valence-corrected chi connectivity index (χ4v) is 2.34. The Labute approximate surface area is 108 Å². The monoisotopic (exact) mass is 279 g/mol. The van der Waals surface area contributed by atoms with Crippen LogP contribution in [0.15, 0.2) is 12.1 Å². The van der Waals surface area contributed by atoms with Gasteiger partial charge in [-0.25, -0.2) is 0 Å². The summed E-state index contributed by atoms with van der Waals surface area (Å²) in [5, 5.41) is 9.72. The van der Waals surface area contributed by atoms with Gasteiger partial charge in [-0.2, -0.15) is 13.2 Å². The number of alkyl halides is 4. The van der Waals surface area contributed by atoms with E-state index >= 15 is 0 Å². The number of anilines is 1. The lowest BCUT2D eigenvalue weighted by molar-refractivity contribution is -0.141. The summed E-state index contributed by atoms with van der Waals surface area (Å²) in [6.07, 6.45) is -0.491. The van der Waals surface area contributed by atoms with E-state index in [1.54, 1.807) is 0 Å². The number of hydrogen-bond donors (Lipinski definition) is 1. The zero-order valence-electron chi connectivity index (χ0n) is 9.54. The molecule has 0 aromatic carbocycles. The van der Waals surface area contributed by atoms with Crippen LogP contribution in [0.5, 0.6) is 0 Å². The molecule has 1 aliphatic rings. The van der Waals surface area contributed by atoms with Gasteiger partial charge in [0, 0.05) is 6.04 Å². The molecule has 1 fully saturated rings. The van der Waals surface area contributed by atoms with Crippen LogP contribution in [0.2, 0.25) is 0 Å². The van der Waals surface area contributed by atoms with Gasteiger partial charge in [-0.05, 0) is 25.0 Å².